The van der Waals surface area contributed by atoms with Crippen LogP contribution in [-0.2, 0) is 11.4 Å². The molecule has 0 aromatic carbocycles. The van der Waals surface area contributed by atoms with E-state index in [-0.39, 0.29) is 11.8 Å². The average molecular weight is 410 g/mol. The van der Waals surface area contributed by atoms with Crippen LogP contribution in [0.4, 0.5) is 5.82 Å². The fourth-order valence-electron chi connectivity index (χ4n) is 3.29. The van der Waals surface area contributed by atoms with Crippen LogP contribution < -0.4 is 10.1 Å². The topological polar surface area (TPSA) is 105 Å². The maximum Gasteiger partial charge on any atom is 0.228 e. The Kier molecular flexibility index (Phi) is 4.77. The maximum absolute atomic E-state index is 12.0. The maximum atomic E-state index is 12.0. The standard InChI is InChI=1S/C23H18N6O2/c24-11-18-9-20(21(13-26-18)31-14-15-2-1-6-25-12-15)17-5-7-29-19(8-17)10-22(28-29)27-23(30)16-3-4-16/h1-2,5-10,12-13,16H,3-4,14H2,(H,27,28,30). The molecular formula is C23H18N6O2. The van der Waals surface area contributed by atoms with Crippen LogP contribution >= 0.6 is 0 Å². The highest BCUT2D eigenvalue weighted by molar-refractivity contribution is 5.93. The molecule has 1 fully saturated rings. The first-order chi connectivity index (χ1) is 15.2. The summed E-state index contributed by atoms with van der Waals surface area (Å²) in [6.45, 7) is 0.334. The number of nitrogens with one attached hydrogen (secondary N) is 1. The predicted molar refractivity (Wildman–Crippen MR) is 113 cm³/mol. The first-order valence-electron chi connectivity index (χ1n) is 9.92. The van der Waals surface area contributed by atoms with E-state index >= 15 is 0 Å². The van der Waals surface area contributed by atoms with E-state index in [9.17, 15) is 10.1 Å². The molecule has 31 heavy (non-hydrogen) atoms. The van der Waals surface area contributed by atoms with E-state index in [4.69, 9.17) is 4.74 Å². The fourth-order valence-corrected chi connectivity index (χ4v) is 3.29. The number of fused-ring (bicyclic) bond motifs is 1. The van der Waals surface area contributed by atoms with Crippen molar-refractivity contribution in [3.63, 3.8) is 0 Å². The van der Waals surface area contributed by atoms with Crippen LogP contribution in [0.3, 0.4) is 0 Å². The summed E-state index contributed by atoms with van der Waals surface area (Å²) >= 11 is 0. The monoisotopic (exact) mass is 410 g/mol. The first-order valence-corrected chi connectivity index (χ1v) is 9.92. The minimum absolute atomic E-state index is 0.0162. The molecule has 1 amide bonds. The Morgan fingerprint density at radius 1 is 1.26 bits per heavy atom. The average Bonchev–Trinajstić information content (AvgIpc) is 3.58. The Hall–Kier alpha value is -4.25. The molecule has 5 rings (SSSR count). The highest BCUT2D eigenvalue weighted by atomic mass is 16.5. The van der Waals surface area contributed by atoms with Crippen LogP contribution in [0.25, 0.3) is 16.6 Å². The summed E-state index contributed by atoms with van der Waals surface area (Å²) in [6.07, 6.45) is 8.71. The van der Waals surface area contributed by atoms with Gasteiger partial charge >= 0.3 is 0 Å². The number of carbonyl (C=O) groups is 1. The second-order valence-corrected chi connectivity index (χ2v) is 7.41. The molecule has 0 spiro atoms. The van der Waals surface area contributed by atoms with Crippen molar-refractivity contribution < 1.29 is 9.53 Å². The van der Waals surface area contributed by atoms with Gasteiger partial charge in [-0.2, -0.15) is 10.4 Å². The third-order valence-corrected chi connectivity index (χ3v) is 5.07. The number of nitrogens with zero attached hydrogens (tertiary/aromatic N) is 5. The summed E-state index contributed by atoms with van der Waals surface area (Å²) in [6, 6.07) is 13.2. The molecule has 4 aromatic rings. The highest BCUT2D eigenvalue weighted by Crippen LogP contribution is 2.32. The Labute approximate surface area is 178 Å². The van der Waals surface area contributed by atoms with Gasteiger partial charge in [0.15, 0.2) is 5.82 Å². The number of hydrogen-bond donors (Lipinski definition) is 1. The molecule has 0 atom stereocenters. The number of hydrogen-bond acceptors (Lipinski definition) is 6. The summed E-state index contributed by atoms with van der Waals surface area (Å²) in [5.74, 6) is 1.21. The minimum Gasteiger partial charge on any atom is -0.487 e. The Balaban J connectivity index is 1.46. The second-order valence-electron chi connectivity index (χ2n) is 7.41. The summed E-state index contributed by atoms with van der Waals surface area (Å²) in [4.78, 5) is 20.3. The number of rotatable bonds is 6. The van der Waals surface area contributed by atoms with Crippen molar-refractivity contribution in [1.82, 2.24) is 19.6 Å². The lowest BCUT2D eigenvalue weighted by Gasteiger charge is -2.12. The van der Waals surface area contributed by atoms with Gasteiger partial charge in [-0.3, -0.25) is 9.78 Å². The minimum atomic E-state index is 0.0162. The van der Waals surface area contributed by atoms with Crippen molar-refractivity contribution in [1.29, 1.82) is 5.26 Å². The lowest BCUT2D eigenvalue weighted by atomic mass is 10.1. The van der Waals surface area contributed by atoms with E-state index in [1.807, 2.05) is 36.5 Å². The van der Waals surface area contributed by atoms with Gasteiger partial charge in [0, 0.05) is 41.7 Å². The molecule has 4 aromatic heterocycles. The number of anilines is 1. The molecule has 0 aliphatic heterocycles. The molecule has 0 unspecified atom stereocenters. The van der Waals surface area contributed by atoms with Gasteiger partial charge in [0.25, 0.3) is 0 Å². The molecule has 0 radical (unpaired) electrons. The molecule has 1 N–H and O–H groups in total. The van der Waals surface area contributed by atoms with Gasteiger partial charge in [-0.1, -0.05) is 6.07 Å². The lowest BCUT2D eigenvalue weighted by Crippen LogP contribution is -2.13. The summed E-state index contributed by atoms with van der Waals surface area (Å²) in [5.41, 5.74) is 3.65. The molecule has 1 aliphatic carbocycles. The van der Waals surface area contributed by atoms with Crippen LogP contribution in [0.2, 0.25) is 0 Å². The largest absolute Gasteiger partial charge is 0.487 e. The van der Waals surface area contributed by atoms with Crippen LogP contribution in [-0.4, -0.2) is 25.5 Å². The zero-order chi connectivity index (χ0) is 21.2. The van der Waals surface area contributed by atoms with E-state index in [1.54, 1.807) is 29.2 Å². The van der Waals surface area contributed by atoms with Gasteiger partial charge in [-0.05, 0) is 42.7 Å². The predicted octanol–water partition coefficient (Wildman–Crippen LogP) is 3.59. The van der Waals surface area contributed by atoms with Crippen molar-refractivity contribution in [2.45, 2.75) is 19.4 Å². The zero-order valence-corrected chi connectivity index (χ0v) is 16.5. The molecule has 4 heterocycles. The molecule has 0 saturated heterocycles. The number of pyridine rings is 3. The molecule has 152 valence electrons. The van der Waals surface area contributed by atoms with E-state index in [1.165, 1.54) is 0 Å². The number of amides is 1. The smallest absolute Gasteiger partial charge is 0.228 e. The van der Waals surface area contributed by atoms with Gasteiger partial charge in [-0.25, -0.2) is 9.50 Å². The lowest BCUT2D eigenvalue weighted by molar-refractivity contribution is -0.117. The Morgan fingerprint density at radius 3 is 2.94 bits per heavy atom. The zero-order valence-electron chi connectivity index (χ0n) is 16.5. The van der Waals surface area contributed by atoms with Crippen molar-refractivity contribution in [2.75, 3.05) is 5.32 Å². The van der Waals surface area contributed by atoms with Gasteiger partial charge in [-0.15, -0.1) is 0 Å². The summed E-state index contributed by atoms with van der Waals surface area (Å²) < 4.78 is 7.69. The first kappa shape index (κ1) is 18.8. The molecule has 8 heteroatoms. The third kappa shape index (κ3) is 4.07. The van der Waals surface area contributed by atoms with Gasteiger partial charge in [0.05, 0.1) is 11.7 Å². The quantitative estimate of drug-likeness (QED) is 0.521. The Morgan fingerprint density at radius 2 is 2.16 bits per heavy atom. The van der Waals surface area contributed by atoms with Crippen molar-refractivity contribution in [2.24, 2.45) is 5.92 Å². The molecule has 8 nitrogen and oxygen atoms in total. The third-order valence-electron chi connectivity index (χ3n) is 5.07. The van der Waals surface area contributed by atoms with Crippen LogP contribution in [0.1, 0.15) is 24.1 Å². The van der Waals surface area contributed by atoms with Gasteiger partial charge in [0.1, 0.15) is 24.1 Å². The van der Waals surface area contributed by atoms with E-state index in [0.29, 0.717) is 23.9 Å². The van der Waals surface area contributed by atoms with E-state index in [0.717, 1.165) is 35.0 Å². The van der Waals surface area contributed by atoms with Crippen molar-refractivity contribution >= 4 is 17.2 Å². The second kappa shape index (κ2) is 7.88. The van der Waals surface area contributed by atoms with Crippen molar-refractivity contribution in [3.05, 3.63) is 72.4 Å². The number of nitriles is 1. The molecule has 0 bridgehead atoms. The summed E-state index contributed by atoms with van der Waals surface area (Å²) in [5, 5.41) is 16.6. The SMILES string of the molecule is N#Cc1cc(-c2ccn3nc(NC(=O)C4CC4)cc3c2)c(OCc2cccnc2)cn1. The van der Waals surface area contributed by atoms with Gasteiger partial charge < -0.3 is 10.1 Å². The van der Waals surface area contributed by atoms with Gasteiger partial charge in [0.2, 0.25) is 5.91 Å². The van der Waals surface area contributed by atoms with Crippen LogP contribution in [0, 0.1) is 17.2 Å². The number of carbonyl (C=O) groups excluding carboxylic acids is 1. The Bertz CT molecular complexity index is 1300. The number of aromatic nitrogens is 4. The summed E-state index contributed by atoms with van der Waals surface area (Å²) in [7, 11) is 0. The normalized spacial score (nSPS) is 13.0. The van der Waals surface area contributed by atoms with E-state index in [2.05, 4.69) is 26.5 Å². The van der Waals surface area contributed by atoms with E-state index < -0.39 is 0 Å². The van der Waals surface area contributed by atoms with Crippen LogP contribution in [0.15, 0.2) is 61.2 Å². The fraction of sp³-hybridized carbons (Fsp3) is 0.174. The number of ether oxygens (including phenoxy) is 1. The molecular weight excluding hydrogens is 392 g/mol. The van der Waals surface area contributed by atoms with Crippen molar-refractivity contribution in [3.8, 4) is 22.9 Å². The molecule has 1 saturated carbocycles. The van der Waals surface area contributed by atoms with Crippen LogP contribution in [0.5, 0.6) is 5.75 Å². The molecule has 1 aliphatic rings. The highest BCUT2D eigenvalue weighted by Gasteiger charge is 2.30.